The maximum Gasteiger partial charge on any atom is 0.407 e. The molecule has 1 aliphatic carbocycles. The molecule has 0 saturated heterocycles. The number of ether oxygens (including phenoxy) is 1. The summed E-state index contributed by atoms with van der Waals surface area (Å²) in [5.41, 5.74) is 2.27. The molecule has 3 atom stereocenters. The van der Waals surface area contributed by atoms with Gasteiger partial charge in [-0.05, 0) is 82.3 Å². The molecule has 3 aromatic carbocycles. The standard InChI is InChI=1S/C37H47N5O5.ClH/c1-37(2,3)47-36(46)40-22-21-39-33(43)28-17-12-18-29(23-28)34(44)42-31(35(45)41-25-26-13-6-4-7-14-26)19-10-11-20-38-32-24-30(32)27-15-8-5-9-16-27;/h4-9,12-18,23,30-32,38H,10-11,19-22,24-25H2,1-3H3,(H,39,43)(H,40,46)(H,41,45)(H,42,44);1H/t30-,31?,32+;/m0./s1. The molecule has 4 amide bonds. The van der Waals surface area contributed by atoms with Gasteiger partial charge in [-0.2, -0.15) is 0 Å². The number of unbranched alkanes of at least 4 members (excludes halogenated alkanes) is 1. The Balaban J connectivity index is 0.00000625. The predicted molar refractivity (Wildman–Crippen MR) is 189 cm³/mol. The first-order valence-electron chi connectivity index (χ1n) is 16.3. The molecule has 0 spiro atoms. The highest BCUT2D eigenvalue weighted by molar-refractivity contribution is 6.01. The van der Waals surface area contributed by atoms with Crippen molar-refractivity contribution in [3.8, 4) is 0 Å². The number of rotatable bonds is 16. The minimum absolute atomic E-state index is 0. The summed E-state index contributed by atoms with van der Waals surface area (Å²) < 4.78 is 5.19. The fourth-order valence-corrected chi connectivity index (χ4v) is 5.23. The van der Waals surface area contributed by atoms with Crippen LogP contribution in [0.4, 0.5) is 4.79 Å². The zero-order valence-corrected chi connectivity index (χ0v) is 28.7. The number of halogens is 1. The number of hydrogen-bond acceptors (Lipinski definition) is 6. The van der Waals surface area contributed by atoms with E-state index in [1.807, 2.05) is 36.4 Å². The Hall–Kier alpha value is -4.41. The molecule has 4 rings (SSSR count). The van der Waals surface area contributed by atoms with Crippen molar-refractivity contribution in [3.05, 3.63) is 107 Å². The fourth-order valence-electron chi connectivity index (χ4n) is 5.23. The molecule has 10 nitrogen and oxygen atoms in total. The van der Waals surface area contributed by atoms with Crippen LogP contribution in [0.25, 0.3) is 0 Å². The molecule has 1 aliphatic rings. The van der Waals surface area contributed by atoms with E-state index >= 15 is 0 Å². The number of carbonyl (C=O) groups excluding carboxylic acids is 4. The topological polar surface area (TPSA) is 138 Å². The second-order valence-corrected chi connectivity index (χ2v) is 12.8. The second kappa shape index (κ2) is 18.8. The van der Waals surface area contributed by atoms with Crippen LogP contribution in [0.15, 0.2) is 84.9 Å². The van der Waals surface area contributed by atoms with Crippen molar-refractivity contribution in [1.82, 2.24) is 26.6 Å². The number of hydrogen-bond donors (Lipinski definition) is 5. The quantitative estimate of drug-likeness (QED) is 0.134. The van der Waals surface area contributed by atoms with Crippen LogP contribution in [0, 0.1) is 0 Å². The lowest BCUT2D eigenvalue weighted by Crippen LogP contribution is -2.46. The van der Waals surface area contributed by atoms with Gasteiger partial charge in [0, 0.05) is 42.7 Å². The Morgan fingerprint density at radius 2 is 1.42 bits per heavy atom. The Morgan fingerprint density at radius 1 is 0.771 bits per heavy atom. The van der Waals surface area contributed by atoms with Crippen LogP contribution in [0.3, 0.4) is 0 Å². The molecular formula is C37H48ClN5O5. The molecular weight excluding hydrogens is 630 g/mol. The largest absolute Gasteiger partial charge is 0.444 e. The third-order valence-electron chi connectivity index (χ3n) is 7.74. The van der Waals surface area contributed by atoms with Gasteiger partial charge in [-0.3, -0.25) is 14.4 Å². The SMILES string of the molecule is CC(C)(C)OC(=O)NCCNC(=O)c1cccc(C(=O)NC(CCCCN[C@@H]2C[C@H]2c2ccccc2)C(=O)NCc2ccccc2)c1.Cl. The number of benzene rings is 3. The molecule has 0 heterocycles. The normalized spacial score (nSPS) is 15.6. The minimum atomic E-state index is -0.736. The Kier molecular flexibility index (Phi) is 14.9. The van der Waals surface area contributed by atoms with E-state index in [1.54, 1.807) is 39.0 Å². The zero-order chi connectivity index (χ0) is 33.6. The van der Waals surface area contributed by atoms with Gasteiger partial charge in [0.2, 0.25) is 5.91 Å². The number of alkyl carbamates (subject to hydrolysis) is 1. The maximum absolute atomic E-state index is 13.3. The molecule has 1 fully saturated rings. The third-order valence-corrected chi connectivity index (χ3v) is 7.74. The molecule has 11 heteroatoms. The van der Waals surface area contributed by atoms with E-state index in [-0.39, 0.29) is 42.9 Å². The van der Waals surface area contributed by atoms with Crippen molar-refractivity contribution in [2.75, 3.05) is 19.6 Å². The van der Waals surface area contributed by atoms with Gasteiger partial charge < -0.3 is 31.3 Å². The summed E-state index contributed by atoms with van der Waals surface area (Å²) in [6, 6.07) is 26.2. The summed E-state index contributed by atoms with van der Waals surface area (Å²) in [4.78, 5) is 51.1. The highest BCUT2D eigenvalue weighted by Crippen LogP contribution is 2.40. The van der Waals surface area contributed by atoms with Gasteiger partial charge in [0.25, 0.3) is 11.8 Å². The van der Waals surface area contributed by atoms with E-state index in [0.717, 1.165) is 31.4 Å². The van der Waals surface area contributed by atoms with Crippen LogP contribution in [0.1, 0.15) is 84.2 Å². The van der Waals surface area contributed by atoms with Gasteiger partial charge >= 0.3 is 6.09 Å². The summed E-state index contributed by atoms with van der Waals surface area (Å²) in [6.07, 6.45) is 2.66. The molecule has 48 heavy (non-hydrogen) atoms. The van der Waals surface area contributed by atoms with E-state index < -0.39 is 23.6 Å². The van der Waals surface area contributed by atoms with Gasteiger partial charge in [-0.25, -0.2) is 4.79 Å². The Bertz CT molecular complexity index is 1480. The van der Waals surface area contributed by atoms with Crippen molar-refractivity contribution in [3.63, 3.8) is 0 Å². The second-order valence-electron chi connectivity index (χ2n) is 12.8. The summed E-state index contributed by atoms with van der Waals surface area (Å²) in [6.45, 7) is 6.87. The Morgan fingerprint density at radius 3 is 2.10 bits per heavy atom. The molecule has 0 aromatic heterocycles. The van der Waals surface area contributed by atoms with Crippen LogP contribution in [-0.4, -0.2) is 61.1 Å². The average Bonchev–Trinajstić information content (AvgIpc) is 3.84. The molecule has 1 saturated carbocycles. The lowest BCUT2D eigenvalue weighted by molar-refractivity contribution is -0.123. The van der Waals surface area contributed by atoms with Crippen LogP contribution < -0.4 is 26.6 Å². The molecule has 0 aliphatic heterocycles. The first-order chi connectivity index (χ1) is 22.6. The molecule has 258 valence electrons. The number of amides is 4. The predicted octanol–water partition coefficient (Wildman–Crippen LogP) is 5.09. The van der Waals surface area contributed by atoms with E-state index in [2.05, 4.69) is 50.8 Å². The van der Waals surface area contributed by atoms with Crippen molar-refractivity contribution in [2.24, 2.45) is 0 Å². The Labute approximate surface area is 289 Å². The van der Waals surface area contributed by atoms with Crippen LogP contribution >= 0.6 is 12.4 Å². The summed E-state index contributed by atoms with van der Waals surface area (Å²) in [7, 11) is 0. The van der Waals surface area contributed by atoms with Crippen molar-refractivity contribution in [2.45, 2.75) is 76.6 Å². The molecule has 0 bridgehead atoms. The molecule has 1 unspecified atom stereocenters. The maximum atomic E-state index is 13.3. The fraction of sp³-hybridized carbons (Fsp3) is 0.405. The lowest BCUT2D eigenvalue weighted by Gasteiger charge is -2.19. The minimum Gasteiger partial charge on any atom is -0.444 e. The average molecular weight is 678 g/mol. The first-order valence-corrected chi connectivity index (χ1v) is 16.3. The van der Waals surface area contributed by atoms with Crippen LogP contribution in [0.2, 0.25) is 0 Å². The van der Waals surface area contributed by atoms with E-state index in [1.165, 1.54) is 11.6 Å². The first kappa shape index (κ1) is 38.0. The summed E-state index contributed by atoms with van der Waals surface area (Å²) in [5.74, 6) is -0.528. The summed E-state index contributed by atoms with van der Waals surface area (Å²) in [5, 5.41) is 14.8. The molecule has 5 N–H and O–H groups in total. The van der Waals surface area contributed by atoms with E-state index in [9.17, 15) is 19.2 Å². The van der Waals surface area contributed by atoms with Crippen molar-refractivity contribution >= 4 is 36.2 Å². The van der Waals surface area contributed by atoms with Gasteiger partial charge in [-0.1, -0.05) is 66.7 Å². The monoisotopic (exact) mass is 677 g/mol. The van der Waals surface area contributed by atoms with Crippen molar-refractivity contribution in [1.29, 1.82) is 0 Å². The van der Waals surface area contributed by atoms with Crippen LogP contribution in [0.5, 0.6) is 0 Å². The van der Waals surface area contributed by atoms with Gasteiger partial charge in [0.05, 0.1) is 0 Å². The van der Waals surface area contributed by atoms with Crippen LogP contribution in [-0.2, 0) is 16.1 Å². The molecule has 3 aromatic rings. The highest BCUT2D eigenvalue weighted by Gasteiger charge is 2.37. The van der Waals surface area contributed by atoms with Gasteiger partial charge in [-0.15, -0.1) is 12.4 Å². The van der Waals surface area contributed by atoms with Gasteiger partial charge in [0.1, 0.15) is 11.6 Å². The summed E-state index contributed by atoms with van der Waals surface area (Å²) >= 11 is 0. The third kappa shape index (κ3) is 13.0. The van der Waals surface area contributed by atoms with Crippen molar-refractivity contribution < 1.29 is 23.9 Å². The smallest absolute Gasteiger partial charge is 0.407 e. The van der Waals surface area contributed by atoms with Gasteiger partial charge in [0.15, 0.2) is 0 Å². The highest BCUT2D eigenvalue weighted by atomic mass is 35.5. The van der Waals surface area contributed by atoms with E-state index in [4.69, 9.17) is 4.74 Å². The van der Waals surface area contributed by atoms with E-state index in [0.29, 0.717) is 30.5 Å². The lowest BCUT2D eigenvalue weighted by atomic mass is 10.1. The number of nitrogens with one attached hydrogen (secondary N) is 5. The molecule has 0 radical (unpaired) electrons. The zero-order valence-electron chi connectivity index (χ0n) is 27.9. The number of carbonyl (C=O) groups is 4.